The van der Waals surface area contributed by atoms with E-state index < -0.39 is 0 Å². The van der Waals surface area contributed by atoms with E-state index >= 15 is 0 Å². The van der Waals surface area contributed by atoms with Gasteiger partial charge < -0.3 is 5.32 Å². The molecule has 2 saturated carbocycles. The smallest absolute Gasteiger partial charge is 0.0762 e. The normalized spacial score (nSPS) is 22.4. The van der Waals surface area contributed by atoms with Crippen LogP contribution in [0.5, 0.6) is 0 Å². The van der Waals surface area contributed by atoms with Gasteiger partial charge in [0, 0.05) is 19.3 Å². The second-order valence-electron chi connectivity index (χ2n) is 7.20. The van der Waals surface area contributed by atoms with E-state index in [0.29, 0.717) is 11.5 Å². The van der Waals surface area contributed by atoms with Crippen molar-refractivity contribution in [2.24, 2.45) is 11.3 Å². The number of hydrogen-bond donors (Lipinski definition) is 1. The molecule has 1 aromatic rings. The zero-order chi connectivity index (χ0) is 14.0. The first-order chi connectivity index (χ1) is 9.70. The van der Waals surface area contributed by atoms with Crippen molar-refractivity contribution in [1.82, 2.24) is 15.1 Å². The minimum Gasteiger partial charge on any atom is -0.311 e. The third-order valence-corrected chi connectivity index (χ3v) is 5.51. The standard InChI is InChI=1S/C17H29N3/c1-14(2)17(9-10-17)13-18-12-15-8-11-20(19-15)16-6-4-3-5-7-16/h8,11,14,16,18H,3-7,9-10,12-13H2,1-2H3. The lowest BCUT2D eigenvalue weighted by molar-refractivity contribution is 0.324. The molecule has 0 saturated heterocycles. The molecule has 3 heteroatoms. The van der Waals surface area contributed by atoms with Gasteiger partial charge in [0.25, 0.3) is 0 Å². The molecule has 3 nitrogen and oxygen atoms in total. The van der Waals surface area contributed by atoms with Crippen molar-refractivity contribution in [3.05, 3.63) is 18.0 Å². The van der Waals surface area contributed by atoms with E-state index in [0.717, 1.165) is 19.0 Å². The molecule has 0 spiro atoms. The van der Waals surface area contributed by atoms with Crippen molar-refractivity contribution < 1.29 is 0 Å². The number of aromatic nitrogens is 2. The number of hydrogen-bond acceptors (Lipinski definition) is 2. The van der Waals surface area contributed by atoms with Crippen LogP contribution in [0, 0.1) is 11.3 Å². The largest absolute Gasteiger partial charge is 0.311 e. The minimum atomic E-state index is 0.589. The third kappa shape index (κ3) is 3.08. The monoisotopic (exact) mass is 275 g/mol. The van der Waals surface area contributed by atoms with Crippen LogP contribution < -0.4 is 5.32 Å². The highest BCUT2D eigenvalue weighted by Gasteiger charge is 2.44. The molecule has 2 aliphatic rings. The number of nitrogens with zero attached hydrogens (tertiary/aromatic N) is 2. The highest BCUT2D eigenvalue weighted by atomic mass is 15.3. The molecule has 0 atom stereocenters. The summed E-state index contributed by atoms with van der Waals surface area (Å²) < 4.78 is 2.21. The number of rotatable bonds is 6. The summed E-state index contributed by atoms with van der Waals surface area (Å²) in [4.78, 5) is 0. The number of nitrogens with one attached hydrogen (secondary N) is 1. The topological polar surface area (TPSA) is 29.9 Å². The van der Waals surface area contributed by atoms with E-state index in [1.807, 2.05) is 0 Å². The van der Waals surface area contributed by atoms with E-state index in [1.165, 1.54) is 50.6 Å². The van der Waals surface area contributed by atoms with Gasteiger partial charge in [-0.2, -0.15) is 5.10 Å². The van der Waals surface area contributed by atoms with Gasteiger partial charge in [-0.25, -0.2) is 0 Å². The molecule has 0 bridgehead atoms. The van der Waals surface area contributed by atoms with Crippen LogP contribution in [-0.2, 0) is 6.54 Å². The molecule has 0 radical (unpaired) electrons. The van der Waals surface area contributed by atoms with Crippen molar-refractivity contribution in [3.8, 4) is 0 Å². The first kappa shape index (κ1) is 14.1. The molecule has 1 aromatic heterocycles. The van der Waals surface area contributed by atoms with Gasteiger partial charge >= 0.3 is 0 Å². The highest BCUT2D eigenvalue weighted by Crippen LogP contribution is 2.51. The summed E-state index contributed by atoms with van der Waals surface area (Å²) in [5.41, 5.74) is 1.79. The van der Waals surface area contributed by atoms with Gasteiger partial charge in [0.2, 0.25) is 0 Å². The SMILES string of the molecule is CC(C)C1(CNCc2ccn(C3CCCCC3)n2)CC1. The molecule has 2 aliphatic carbocycles. The van der Waals surface area contributed by atoms with Crippen LogP contribution in [0.3, 0.4) is 0 Å². The molecule has 0 aromatic carbocycles. The first-order valence-electron chi connectivity index (χ1n) is 8.44. The summed E-state index contributed by atoms with van der Waals surface area (Å²) in [6.45, 7) is 6.79. The van der Waals surface area contributed by atoms with Crippen LogP contribution in [0.2, 0.25) is 0 Å². The maximum absolute atomic E-state index is 4.77. The Balaban J connectivity index is 1.47. The summed E-state index contributed by atoms with van der Waals surface area (Å²) in [5.74, 6) is 0.801. The van der Waals surface area contributed by atoms with E-state index in [2.05, 4.69) is 36.1 Å². The van der Waals surface area contributed by atoms with Crippen molar-refractivity contribution in [2.45, 2.75) is 71.4 Å². The molecule has 112 valence electrons. The Morgan fingerprint density at radius 1 is 1.30 bits per heavy atom. The zero-order valence-corrected chi connectivity index (χ0v) is 13.1. The molecule has 1 heterocycles. The summed E-state index contributed by atoms with van der Waals surface area (Å²) >= 11 is 0. The lowest BCUT2D eigenvalue weighted by Crippen LogP contribution is -2.27. The Hall–Kier alpha value is -0.830. The second-order valence-corrected chi connectivity index (χ2v) is 7.20. The van der Waals surface area contributed by atoms with E-state index in [9.17, 15) is 0 Å². The van der Waals surface area contributed by atoms with Crippen molar-refractivity contribution in [1.29, 1.82) is 0 Å². The molecule has 0 amide bonds. The average Bonchev–Trinajstić information content (AvgIpc) is 3.11. The zero-order valence-electron chi connectivity index (χ0n) is 13.1. The fourth-order valence-corrected chi connectivity index (χ4v) is 3.58. The van der Waals surface area contributed by atoms with Crippen molar-refractivity contribution >= 4 is 0 Å². The minimum absolute atomic E-state index is 0.589. The fourth-order valence-electron chi connectivity index (χ4n) is 3.58. The quantitative estimate of drug-likeness (QED) is 0.853. The lowest BCUT2D eigenvalue weighted by atomic mass is 9.92. The molecule has 1 N–H and O–H groups in total. The van der Waals surface area contributed by atoms with E-state index in [4.69, 9.17) is 5.10 Å². The predicted octanol–water partition coefficient (Wildman–Crippen LogP) is 3.91. The Morgan fingerprint density at radius 3 is 2.70 bits per heavy atom. The van der Waals surface area contributed by atoms with Crippen LogP contribution in [0.1, 0.15) is 70.5 Å². The second kappa shape index (κ2) is 5.88. The van der Waals surface area contributed by atoms with Gasteiger partial charge in [0.1, 0.15) is 0 Å². The van der Waals surface area contributed by atoms with Gasteiger partial charge in [0.15, 0.2) is 0 Å². The molecule has 3 rings (SSSR count). The van der Waals surface area contributed by atoms with Gasteiger partial charge in [-0.3, -0.25) is 4.68 Å². The first-order valence-corrected chi connectivity index (χ1v) is 8.44. The summed E-state index contributed by atoms with van der Waals surface area (Å²) in [7, 11) is 0. The molecule has 0 unspecified atom stereocenters. The van der Waals surface area contributed by atoms with Crippen LogP contribution >= 0.6 is 0 Å². The van der Waals surface area contributed by atoms with Gasteiger partial charge in [0.05, 0.1) is 11.7 Å². The van der Waals surface area contributed by atoms with Gasteiger partial charge in [-0.15, -0.1) is 0 Å². The lowest BCUT2D eigenvalue weighted by Gasteiger charge is -2.22. The van der Waals surface area contributed by atoms with Crippen LogP contribution in [0.15, 0.2) is 12.3 Å². The molecule has 0 aliphatic heterocycles. The molecule has 2 fully saturated rings. The highest BCUT2D eigenvalue weighted by molar-refractivity contribution is 5.02. The molecule has 20 heavy (non-hydrogen) atoms. The Bertz CT molecular complexity index is 425. The fraction of sp³-hybridized carbons (Fsp3) is 0.824. The average molecular weight is 275 g/mol. The third-order valence-electron chi connectivity index (χ3n) is 5.51. The van der Waals surface area contributed by atoms with Gasteiger partial charge in [-0.1, -0.05) is 33.1 Å². The molecular formula is C17H29N3. The maximum Gasteiger partial charge on any atom is 0.0762 e. The summed E-state index contributed by atoms with van der Waals surface area (Å²) in [6, 6.07) is 2.85. The van der Waals surface area contributed by atoms with Crippen molar-refractivity contribution in [3.63, 3.8) is 0 Å². The van der Waals surface area contributed by atoms with Crippen LogP contribution in [0.4, 0.5) is 0 Å². The summed E-state index contributed by atoms with van der Waals surface area (Å²) in [6.07, 6.45) is 11.7. The molecular weight excluding hydrogens is 246 g/mol. The summed E-state index contributed by atoms with van der Waals surface area (Å²) in [5, 5.41) is 8.40. The van der Waals surface area contributed by atoms with Crippen LogP contribution in [0.25, 0.3) is 0 Å². The van der Waals surface area contributed by atoms with Crippen LogP contribution in [-0.4, -0.2) is 16.3 Å². The van der Waals surface area contributed by atoms with E-state index in [-0.39, 0.29) is 0 Å². The Labute approximate surface area is 123 Å². The predicted molar refractivity (Wildman–Crippen MR) is 82.6 cm³/mol. The Morgan fingerprint density at radius 2 is 2.05 bits per heavy atom. The van der Waals surface area contributed by atoms with Crippen molar-refractivity contribution in [2.75, 3.05) is 6.54 Å². The maximum atomic E-state index is 4.77. The van der Waals surface area contributed by atoms with Gasteiger partial charge in [-0.05, 0) is 43.1 Å². The van der Waals surface area contributed by atoms with E-state index in [1.54, 1.807) is 0 Å². The Kier molecular flexibility index (Phi) is 4.16.